The molecule has 1 atom stereocenters. The predicted octanol–water partition coefficient (Wildman–Crippen LogP) is 4.03. The van der Waals surface area contributed by atoms with Crippen molar-refractivity contribution in [1.82, 2.24) is 24.5 Å². The van der Waals surface area contributed by atoms with Crippen molar-refractivity contribution in [1.29, 1.82) is 0 Å². The molecule has 0 aliphatic carbocycles. The second kappa shape index (κ2) is 8.11. The quantitative estimate of drug-likeness (QED) is 0.427. The molecule has 0 aliphatic rings. The number of aromatic amines is 1. The Morgan fingerprint density at radius 2 is 1.94 bits per heavy atom. The summed E-state index contributed by atoms with van der Waals surface area (Å²) in [7, 11) is 1.87. The highest BCUT2D eigenvalue weighted by molar-refractivity contribution is 6.30. The van der Waals surface area contributed by atoms with E-state index in [9.17, 15) is 9.90 Å². The maximum absolute atomic E-state index is 13.0. The number of H-pyrrole nitrogens is 1. The molecule has 0 aliphatic heterocycles. The summed E-state index contributed by atoms with van der Waals surface area (Å²) in [5.41, 5.74) is 4.85. The average molecular weight is 446 g/mol. The number of fused-ring (bicyclic) bond motifs is 1. The Balaban J connectivity index is 1.55. The molecule has 0 bridgehead atoms. The summed E-state index contributed by atoms with van der Waals surface area (Å²) in [6, 6.07) is 17.9. The van der Waals surface area contributed by atoms with Gasteiger partial charge in [-0.25, -0.2) is 0 Å². The van der Waals surface area contributed by atoms with Crippen LogP contribution in [0.3, 0.4) is 0 Å². The molecule has 3 heterocycles. The Morgan fingerprint density at radius 3 is 2.66 bits per heavy atom. The largest absolute Gasteiger partial charge is 0.394 e. The number of aliphatic hydroxyl groups excluding tert-OH is 1. The van der Waals surface area contributed by atoms with Crippen molar-refractivity contribution in [2.75, 3.05) is 6.61 Å². The van der Waals surface area contributed by atoms with Gasteiger partial charge in [0, 0.05) is 35.9 Å². The summed E-state index contributed by atoms with van der Waals surface area (Å²) >= 11 is 6.09. The number of aliphatic hydroxyl groups is 1. The van der Waals surface area contributed by atoms with Crippen molar-refractivity contribution in [2.24, 2.45) is 7.05 Å². The molecule has 8 heteroatoms. The van der Waals surface area contributed by atoms with E-state index in [0.29, 0.717) is 5.02 Å². The van der Waals surface area contributed by atoms with Crippen LogP contribution in [-0.2, 0) is 7.05 Å². The molecule has 3 aromatic heterocycles. The monoisotopic (exact) mass is 445 g/mol. The number of rotatable bonds is 5. The summed E-state index contributed by atoms with van der Waals surface area (Å²) in [5, 5.41) is 23.2. The number of halogens is 1. The third-order valence-electron chi connectivity index (χ3n) is 5.65. The van der Waals surface area contributed by atoms with Gasteiger partial charge in [-0.15, -0.1) is 0 Å². The molecule has 0 saturated carbocycles. The zero-order chi connectivity index (χ0) is 22.2. The third-order valence-corrected chi connectivity index (χ3v) is 5.89. The topological polar surface area (TPSA) is 88.7 Å². The van der Waals surface area contributed by atoms with Crippen LogP contribution in [0.1, 0.15) is 11.6 Å². The molecule has 160 valence electrons. The number of nitrogens with zero attached hydrogens (tertiary/aromatic N) is 4. The normalized spacial score (nSPS) is 12.3. The molecule has 5 aromatic rings. The van der Waals surface area contributed by atoms with Crippen LogP contribution >= 0.6 is 11.6 Å². The van der Waals surface area contributed by atoms with E-state index >= 15 is 0 Å². The lowest BCUT2D eigenvalue weighted by atomic mass is 10.0. The lowest BCUT2D eigenvalue weighted by Crippen LogP contribution is -2.26. The Hall–Kier alpha value is -3.68. The number of pyridine rings is 1. The van der Waals surface area contributed by atoms with Gasteiger partial charge in [0.05, 0.1) is 23.9 Å². The highest BCUT2D eigenvalue weighted by Gasteiger charge is 2.16. The summed E-state index contributed by atoms with van der Waals surface area (Å²) in [4.78, 5) is 13.0. The predicted molar refractivity (Wildman–Crippen MR) is 125 cm³/mol. The van der Waals surface area contributed by atoms with Gasteiger partial charge >= 0.3 is 0 Å². The maximum Gasteiger partial charge on any atom is 0.251 e. The fourth-order valence-electron chi connectivity index (χ4n) is 3.99. The van der Waals surface area contributed by atoms with Crippen LogP contribution in [0, 0.1) is 0 Å². The first-order valence-electron chi connectivity index (χ1n) is 10.1. The van der Waals surface area contributed by atoms with Crippen molar-refractivity contribution in [2.45, 2.75) is 6.04 Å². The molecule has 2 aromatic carbocycles. The molecule has 0 fully saturated rings. The Bertz CT molecular complexity index is 1480. The first-order chi connectivity index (χ1) is 15.5. The Kier molecular flexibility index (Phi) is 5.13. The van der Waals surface area contributed by atoms with Crippen molar-refractivity contribution >= 4 is 22.5 Å². The van der Waals surface area contributed by atoms with E-state index in [1.54, 1.807) is 41.3 Å². The molecule has 7 nitrogen and oxygen atoms in total. The van der Waals surface area contributed by atoms with Crippen molar-refractivity contribution in [3.63, 3.8) is 0 Å². The van der Waals surface area contributed by atoms with Gasteiger partial charge in [-0.2, -0.15) is 10.2 Å². The van der Waals surface area contributed by atoms with E-state index in [2.05, 4.69) is 15.3 Å². The molecule has 32 heavy (non-hydrogen) atoms. The number of aryl methyl sites for hydroxylation is 1. The molecule has 0 saturated heterocycles. The van der Waals surface area contributed by atoms with Crippen molar-refractivity contribution in [3.05, 3.63) is 94.0 Å². The molecule has 0 radical (unpaired) electrons. The summed E-state index contributed by atoms with van der Waals surface area (Å²) < 4.78 is 3.29. The second-order valence-electron chi connectivity index (χ2n) is 7.59. The van der Waals surface area contributed by atoms with Crippen LogP contribution in [0.15, 0.2) is 77.9 Å². The molecule has 0 amide bonds. The third kappa shape index (κ3) is 3.51. The van der Waals surface area contributed by atoms with E-state index in [4.69, 9.17) is 11.6 Å². The second-order valence-corrected chi connectivity index (χ2v) is 8.02. The van der Waals surface area contributed by atoms with E-state index in [-0.39, 0.29) is 12.2 Å². The van der Waals surface area contributed by atoms with E-state index in [1.165, 1.54) is 4.57 Å². The summed E-state index contributed by atoms with van der Waals surface area (Å²) in [5.74, 6) is 0. The maximum atomic E-state index is 13.0. The molecule has 2 N–H and O–H groups in total. The number of aromatic nitrogens is 5. The average Bonchev–Trinajstić information content (AvgIpc) is 3.40. The van der Waals surface area contributed by atoms with Gasteiger partial charge < -0.3 is 9.67 Å². The summed E-state index contributed by atoms with van der Waals surface area (Å²) in [6.45, 7) is -0.214. The van der Waals surface area contributed by atoms with Gasteiger partial charge in [-0.1, -0.05) is 29.8 Å². The van der Waals surface area contributed by atoms with E-state index < -0.39 is 6.04 Å². The minimum atomic E-state index is -0.511. The van der Waals surface area contributed by atoms with Crippen molar-refractivity contribution < 1.29 is 5.11 Å². The van der Waals surface area contributed by atoms with Crippen LogP contribution in [0.2, 0.25) is 5.02 Å². The lowest BCUT2D eigenvalue weighted by molar-refractivity contribution is 0.247. The number of nitrogens with one attached hydrogen (secondary N) is 1. The van der Waals surface area contributed by atoms with Gasteiger partial charge in [0.2, 0.25) is 0 Å². The molecular weight excluding hydrogens is 426 g/mol. The van der Waals surface area contributed by atoms with Crippen LogP contribution < -0.4 is 5.56 Å². The Morgan fingerprint density at radius 1 is 1.09 bits per heavy atom. The molecular formula is C24H20ClN5O2. The Labute approximate surface area is 188 Å². The number of benzene rings is 2. The van der Waals surface area contributed by atoms with Gasteiger partial charge in [0.25, 0.3) is 5.56 Å². The van der Waals surface area contributed by atoms with Crippen LogP contribution in [-0.4, -0.2) is 36.3 Å². The SMILES string of the molecule is Cn1nccc1-c1n[nH]c2ccc(-c3ccn([C@H](CO)c4cccc(Cl)c4)c(=O)c3)cc12. The van der Waals surface area contributed by atoms with E-state index in [1.807, 2.05) is 43.4 Å². The molecule has 0 spiro atoms. The smallest absolute Gasteiger partial charge is 0.251 e. The van der Waals surface area contributed by atoms with Gasteiger partial charge in [-0.3, -0.25) is 14.6 Å². The molecule has 0 unspecified atom stereocenters. The van der Waals surface area contributed by atoms with Crippen LogP contribution in [0.25, 0.3) is 33.4 Å². The number of hydrogen-bond acceptors (Lipinski definition) is 4. The first kappa shape index (κ1) is 20.2. The highest BCUT2D eigenvalue weighted by atomic mass is 35.5. The zero-order valence-electron chi connectivity index (χ0n) is 17.2. The highest BCUT2D eigenvalue weighted by Crippen LogP contribution is 2.30. The minimum absolute atomic E-state index is 0.208. The fraction of sp³-hybridized carbons (Fsp3) is 0.125. The van der Waals surface area contributed by atoms with Gasteiger partial charge in [0.15, 0.2) is 0 Å². The van der Waals surface area contributed by atoms with E-state index in [0.717, 1.165) is 39.0 Å². The minimum Gasteiger partial charge on any atom is -0.394 e. The van der Waals surface area contributed by atoms with Crippen LogP contribution in [0.4, 0.5) is 0 Å². The first-order valence-corrected chi connectivity index (χ1v) is 10.5. The molecule has 5 rings (SSSR count). The standard InChI is InChI=1S/C24H20ClN5O2/c1-29-21(7-9-26-29)24-19-12-15(5-6-20(19)27-28-24)16-8-10-30(23(32)13-16)22(14-31)17-3-2-4-18(25)11-17/h2-13,22,31H,14H2,1H3,(H,27,28)/t22-/m1/s1. The summed E-state index contributed by atoms with van der Waals surface area (Å²) in [6.07, 6.45) is 3.44. The van der Waals surface area contributed by atoms with Gasteiger partial charge in [-0.05, 0) is 53.1 Å². The van der Waals surface area contributed by atoms with Gasteiger partial charge in [0.1, 0.15) is 5.69 Å². The number of hydrogen-bond donors (Lipinski definition) is 2. The van der Waals surface area contributed by atoms with Crippen molar-refractivity contribution in [3.8, 4) is 22.5 Å². The zero-order valence-corrected chi connectivity index (χ0v) is 18.0. The fourth-order valence-corrected chi connectivity index (χ4v) is 4.19. The lowest BCUT2D eigenvalue weighted by Gasteiger charge is -2.18. The van der Waals surface area contributed by atoms with Crippen LogP contribution in [0.5, 0.6) is 0 Å².